The van der Waals surface area contributed by atoms with Crippen LogP contribution in [0.2, 0.25) is 0 Å². The number of nitriles is 1. The van der Waals surface area contributed by atoms with Crippen molar-refractivity contribution in [1.29, 1.82) is 5.26 Å². The maximum atomic E-state index is 12.7. The Morgan fingerprint density at radius 2 is 2.13 bits per heavy atom. The number of nitrogens with one attached hydrogen (secondary N) is 3. The second kappa shape index (κ2) is 6.13. The summed E-state index contributed by atoms with van der Waals surface area (Å²) in [6, 6.07) is 5.74. The van der Waals surface area contributed by atoms with Crippen molar-refractivity contribution in [3.63, 3.8) is 0 Å². The third-order valence-corrected chi connectivity index (χ3v) is 3.85. The zero-order valence-corrected chi connectivity index (χ0v) is 12.2. The molecule has 23 heavy (non-hydrogen) atoms. The van der Waals surface area contributed by atoms with Crippen LogP contribution in [0.15, 0.2) is 29.6 Å². The predicted octanol–water partition coefficient (Wildman–Crippen LogP) is 2.50. The summed E-state index contributed by atoms with van der Waals surface area (Å²) in [5, 5.41) is 10.9. The standard InChI is InChI=1S/C13H10F3N5OS/c14-13(15,16)7-2-1-3-8(4-7)22-12-18-10(6-23-12)11-9(5-17)19-21-20-11/h1-4,6,9,11,19-21H. The van der Waals surface area contributed by atoms with Crippen LogP contribution in [0.5, 0.6) is 10.9 Å². The van der Waals surface area contributed by atoms with Crippen molar-refractivity contribution in [3.8, 4) is 17.0 Å². The summed E-state index contributed by atoms with van der Waals surface area (Å²) < 4.78 is 43.4. The third kappa shape index (κ3) is 3.43. The predicted molar refractivity (Wildman–Crippen MR) is 75.2 cm³/mol. The van der Waals surface area contributed by atoms with Crippen molar-refractivity contribution < 1.29 is 17.9 Å². The van der Waals surface area contributed by atoms with E-state index in [0.29, 0.717) is 5.69 Å². The lowest BCUT2D eigenvalue weighted by Gasteiger charge is -2.09. The number of alkyl halides is 3. The summed E-state index contributed by atoms with van der Waals surface area (Å²) in [7, 11) is 0. The first kappa shape index (κ1) is 15.7. The molecular formula is C13H10F3N5OS. The van der Waals surface area contributed by atoms with Gasteiger partial charge < -0.3 is 4.74 Å². The molecule has 1 aliphatic heterocycles. The Morgan fingerprint density at radius 3 is 2.87 bits per heavy atom. The molecule has 0 aliphatic carbocycles. The van der Waals surface area contributed by atoms with E-state index in [1.807, 2.05) is 0 Å². The molecule has 2 unspecified atom stereocenters. The molecule has 3 rings (SSSR count). The monoisotopic (exact) mass is 341 g/mol. The molecule has 0 amide bonds. The molecule has 1 aliphatic rings. The first-order valence-electron chi connectivity index (χ1n) is 6.43. The van der Waals surface area contributed by atoms with Crippen LogP contribution in [0.3, 0.4) is 0 Å². The van der Waals surface area contributed by atoms with E-state index in [1.165, 1.54) is 12.1 Å². The Morgan fingerprint density at radius 1 is 1.30 bits per heavy atom. The second-order valence-electron chi connectivity index (χ2n) is 4.66. The molecule has 1 aromatic carbocycles. The first-order valence-corrected chi connectivity index (χ1v) is 7.31. The molecule has 120 valence electrons. The van der Waals surface area contributed by atoms with E-state index in [1.54, 1.807) is 5.38 Å². The Balaban J connectivity index is 1.76. The van der Waals surface area contributed by atoms with Gasteiger partial charge in [-0.05, 0) is 18.2 Å². The van der Waals surface area contributed by atoms with Crippen LogP contribution < -0.4 is 21.1 Å². The molecule has 2 aromatic rings. The number of aromatic nitrogens is 1. The fourth-order valence-corrected chi connectivity index (χ4v) is 2.73. The topological polar surface area (TPSA) is 82.0 Å². The summed E-state index contributed by atoms with van der Waals surface area (Å²) >= 11 is 1.14. The number of nitrogens with zero attached hydrogens (tertiary/aromatic N) is 2. The summed E-state index contributed by atoms with van der Waals surface area (Å²) in [6.45, 7) is 0. The van der Waals surface area contributed by atoms with Crippen molar-refractivity contribution in [2.24, 2.45) is 0 Å². The van der Waals surface area contributed by atoms with Gasteiger partial charge >= 0.3 is 6.18 Å². The highest BCUT2D eigenvalue weighted by Gasteiger charge is 2.31. The van der Waals surface area contributed by atoms with Crippen LogP contribution >= 0.6 is 11.3 Å². The maximum Gasteiger partial charge on any atom is 0.416 e. The molecule has 2 atom stereocenters. The van der Waals surface area contributed by atoms with Gasteiger partial charge in [0, 0.05) is 5.38 Å². The van der Waals surface area contributed by atoms with Gasteiger partial charge in [0.25, 0.3) is 5.19 Å². The van der Waals surface area contributed by atoms with Crippen molar-refractivity contribution in [2.45, 2.75) is 18.3 Å². The Hall–Kier alpha value is -2.19. The molecule has 6 nitrogen and oxygen atoms in total. The number of halogens is 3. The number of hydrazine groups is 2. The molecule has 1 saturated heterocycles. The van der Waals surface area contributed by atoms with E-state index in [0.717, 1.165) is 23.5 Å². The fraction of sp³-hybridized carbons (Fsp3) is 0.231. The van der Waals surface area contributed by atoms with Gasteiger partial charge in [0.15, 0.2) is 0 Å². The van der Waals surface area contributed by atoms with Crippen molar-refractivity contribution in [2.75, 3.05) is 0 Å². The molecule has 0 bridgehead atoms. The van der Waals surface area contributed by atoms with Crippen molar-refractivity contribution in [1.82, 2.24) is 21.4 Å². The van der Waals surface area contributed by atoms with Crippen LogP contribution in [-0.4, -0.2) is 11.0 Å². The van der Waals surface area contributed by atoms with Crippen molar-refractivity contribution in [3.05, 3.63) is 40.9 Å². The highest BCUT2D eigenvalue weighted by molar-refractivity contribution is 7.11. The Bertz CT molecular complexity index is 742. The molecule has 1 fully saturated rings. The number of hydrogen-bond acceptors (Lipinski definition) is 7. The quantitative estimate of drug-likeness (QED) is 0.796. The van der Waals surface area contributed by atoms with E-state index in [9.17, 15) is 13.2 Å². The number of hydrogen-bond donors (Lipinski definition) is 3. The lowest BCUT2D eigenvalue weighted by Crippen LogP contribution is -2.32. The van der Waals surface area contributed by atoms with Gasteiger partial charge in [0.05, 0.1) is 23.4 Å². The molecule has 2 heterocycles. The molecule has 0 spiro atoms. The lowest BCUT2D eigenvalue weighted by atomic mass is 10.1. The Labute approximate surface area is 132 Å². The van der Waals surface area contributed by atoms with E-state index >= 15 is 0 Å². The molecule has 0 saturated carbocycles. The minimum Gasteiger partial charge on any atom is -0.431 e. The van der Waals surface area contributed by atoms with Gasteiger partial charge in [-0.1, -0.05) is 17.4 Å². The zero-order valence-electron chi connectivity index (χ0n) is 11.4. The van der Waals surface area contributed by atoms with Crippen LogP contribution in [0.1, 0.15) is 17.3 Å². The minimum atomic E-state index is -4.43. The van der Waals surface area contributed by atoms with E-state index in [4.69, 9.17) is 10.00 Å². The molecule has 1 aromatic heterocycles. The molecule has 0 radical (unpaired) electrons. The lowest BCUT2D eigenvalue weighted by molar-refractivity contribution is -0.137. The highest BCUT2D eigenvalue weighted by Crippen LogP contribution is 2.34. The number of ether oxygens (including phenoxy) is 1. The van der Waals surface area contributed by atoms with Gasteiger partial charge in [0.1, 0.15) is 11.8 Å². The van der Waals surface area contributed by atoms with Crippen LogP contribution in [0.4, 0.5) is 13.2 Å². The van der Waals surface area contributed by atoms with Gasteiger partial charge in [-0.25, -0.2) is 15.8 Å². The van der Waals surface area contributed by atoms with Crippen molar-refractivity contribution >= 4 is 11.3 Å². The van der Waals surface area contributed by atoms with Crippen LogP contribution in [0, 0.1) is 11.3 Å². The SMILES string of the molecule is N#CC1NNNC1c1csc(Oc2cccc(C(F)(F)F)c2)n1. The average molecular weight is 341 g/mol. The third-order valence-electron chi connectivity index (χ3n) is 3.11. The van der Waals surface area contributed by atoms with E-state index in [-0.39, 0.29) is 17.0 Å². The smallest absolute Gasteiger partial charge is 0.416 e. The summed E-state index contributed by atoms with van der Waals surface area (Å²) in [4.78, 5) is 4.20. The zero-order chi connectivity index (χ0) is 16.4. The van der Waals surface area contributed by atoms with Gasteiger partial charge in [-0.2, -0.15) is 24.0 Å². The second-order valence-corrected chi connectivity index (χ2v) is 5.48. The van der Waals surface area contributed by atoms with Gasteiger partial charge in [-0.15, -0.1) is 0 Å². The van der Waals surface area contributed by atoms with Crippen LogP contribution in [-0.2, 0) is 6.18 Å². The molecule has 10 heteroatoms. The Kier molecular flexibility index (Phi) is 4.18. The number of benzene rings is 1. The van der Waals surface area contributed by atoms with E-state index < -0.39 is 17.8 Å². The number of thiazole rings is 1. The normalized spacial score (nSPS) is 21.1. The fourth-order valence-electron chi connectivity index (χ4n) is 2.01. The highest BCUT2D eigenvalue weighted by atomic mass is 32.1. The molecule has 3 N–H and O–H groups in total. The van der Waals surface area contributed by atoms with E-state index in [2.05, 4.69) is 27.4 Å². The summed E-state index contributed by atoms with van der Waals surface area (Å²) in [6.07, 6.45) is -4.43. The molecular weight excluding hydrogens is 331 g/mol. The summed E-state index contributed by atoms with van der Waals surface area (Å²) in [5.74, 6) is 0.0492. The number of rotatable bonds is 3. The van der Waals surface area contributed by atoms with Crippen LogP contribution in [0.25, 0.3) is 0 Å². The average Bonchev–Trinajstić information content (AvgIpc) is 3.14. The summed E-state index contributed by atoms with van der Waals surface area (Å²) in [5.41, 5.74) is 7.95. The maximum absolute atomic E-state index is 12.7. The van der Waals surface area contributed by atoms with Gasteiger partial charge in [0.2, 0.25) is 0 Å². The minimum absolute atomic E-state index is 0.0492. The largest absolute Gasteiger partial charge is 0.431 e. The first-order chi connectivity index (χ1) is 11.0. The van der Waals surface area contributed by atoms with Gasteiger partial charge in [-0.3, -0.25) is 0 Å².